The van der Waals surface area contributed by atoms with Gasteiger partial charge in [0.1, 0.15) is 5.75 Å². The zero-order valence-electron chi connectivity index (χ0n) is 11.1. The molecule has 96 valence electrons. The first-order valence-corrected chi connectivity index (χ1v) is 6.01. The molecule has 0 bridgehead atoms. The van der Waals surface area contributed by atoms with Crippen molar-refractivity contribution in [3.63, 3.8) is 0 Å². The van der Waals surface area contributed by atoms with Crippen molar-refractivity contribution < 1.29 is 14.6 Å². The van der Waals surface area contributed by atoms with Crippen molar-refractivity contribution in [2.45, 2.75) is 40.5 Å². The van der Waals surface area contributed by atoms with Gasteiger partial charge in [0.2, 0.25) is 0 Å². The standard InChI is InChI=1S/C12H16O3.C2H6/c1-9-6-10(2)8-11(7-9)15-5-3-4-12(13)14;1-2/h6-8H,3-5H2,1-2H3,(H,13,14);1-2H3. The van der Waals surface area contributed by atoms with Crippen molar-refractivity contribution >= 4 is 5.97 Å². The number of aryl methyl sites for hydroxylation is 2. The summed E-state index contributed by atoms with van der Waals surface area (Å²) in [6.45, 7) is 8.48. The van der Waals surface area contributed by atoms with Gasteiger partial charge >= 0.3 is 5.97 Å². The Morgan fingerprint density at radius 2 is 1.71 bits per heavy atom. The fourth-order valence-corrected chi connectivity index (χ4v) is 1.43. The topological polar surface area (TPSA) is 46.5 Å². The summed E-state index contributed by atoms with van der Waals surface area (Å²) in [6, 6.07) is 5.98. The van der Waals surface area contributed by atoms with E-state index in [2.05, 4.69) is 6.07 Å². The molecule has 0 radical (unpaired) electrons. The highest BCUT2D eigenvalue weighted by molar-refractivity contribution is 5.66. The van der Waals surface area contributed by atoms with Gasteiger partial charge in [0.25, 0.3) is 0 Å². The second kappa shape index (κ2) is 8.62. The quantitative estimate of drug-likeness (QED) is 0.798. The molecule has 0 heterocycles. The second-order valence-electron chi connectivity index (χ2n) is 3.67. The Morgan fingerprint density at radius 1 is 1.18 bits per heavy atom. The summed E-state index contributed by atoms with van der Waals surface area (Å²) in [7, 11) is 0. The molecule has 1 aromatic carbocycles. The predicted octanol–water partition coefficient (Wildman–Crippen LogP) is 3.57. The molecular formula is C14H22O3. The molecule has 0 saturated heterocycles. The van der Waals surface area contributed by atoms with Crippen LogP contribution in [0.4, 0.5) is 0 Å². The van der Waals surface area contributed by atoms with Gasteiger partial charge in [0.05, 0.1) is 6.61 Å². The largest absolute Gasteiger partial charge is 0.494 e. The number of hydrogen-bond donors (Lipinski definition) is 1. The monoisotopic (exact) mass is 238 g/mol. The fourth-order valence-electron chi connectivity index (χ4n) is 1.43. The van der Waals surface area contributed by atoms with Crippen LogP contribution in [0.1, 0.15) is 37.8 Å². The number of benzene rings is 1. The maximum absolute atomic E-state index is 10.3. The summed E-state index contributed by atoms with van der Waals surface area (Å²) < 4.78 is 5.45. The van der Waals surface area contributed by atoms with Crippen molar-refractivity contribution in [2.75, 3.05) is 6.61 Å². The van der Waals surface area contributed by atoms with E-state index < -0.39 is 5.97 Å². The Balaban J connectivity index is 0.00000121. The van der Waals surface area contributed by atoms with Crippen LogP contribution in [-0.2, 0) is 4.79 Å². The Morgan fingerprint density at radius 3 is 2.18 bits per heavy atom. The highest BCUT2D eigenvalue weighted by Crippen LogP contribution is 2.16. The first-order valence-electron chi connectivity index (χ1n) is 6.01. The molecule has 0 aromatic heterocycles. The van der Waals surface area contributed by atoms with Crippen molar-refractivity contribution in [3.8, 4) is 5.75 Å². The van der Waals surface area contributed by atoms with Gasteiger partial charge in [-0.05, 0) is 43.5 Å². The fraction of sp³-hybridized carbons (Fsp3) is 0.500. The molecule has 0 aliphatic heterocycles. The zero-order chi connectivity index (χ0) is 13.3. The molecule has 17 heavy (non-hydrogen) atoms. The van der Waals surface area contributed by atoms with Gasteiger partial charge in [0.15, 0.2) is 0 Å². The third-order valence-corrected chi connectivity index (χ3v) is 2.00. The van der Waals surface area contributed by atoms with E-state index in [1.165, 1.54) is 0 Å². The molecule has 1 rings (SSSR count). The van der Waals surface area contributed by atoms with Gasteiger partial charge < -0.3 is 9.84 Å². The number of carboxylic acids is 1. The average molecular weight is 238 g/mol. The molecular weight excluding hydrogens is 216 g/mol. The second-order valence-corrected chi connectivity index (χ2v) is 3.67. The number of hydrogen-bond acceptors (Lipinski definition) is 2. The first kappa shape index (κ1) is 15.5. The lowest BCUT2D eigenvalue weighted by molar-refractivity contribution is -0.137. The third kappa shape index (κ3) is 7.39. The normalized spacial score (nSPS) is 9.18. The highest BCUT2D eigenvalue weighted by atomic mass is 16.5. The molecule has 3 heteroatoms. The molecule has 0 aliphatic carbocycles. The van der Waals surface area contributed by atoms with Gasteiger partial charge in [-0.1, -0.05) is 19.9 Å². The third-order valence-electron chi connectivity index (χ3n) is 2.00. The molecule has 0 atom stereocenters. The molecule has 1 N–H and O–H groups in total. The summed E-state index contributed by atoms with van der Waals surface area (Å²) in [5.74, 6) is 0.0388. The lowest BCUT2D eigenvalue weighted by atomic mass is 10.1. The summed E-state index contributed by atoms with van der Waals surface area (Å²) in [4.78, 5) is 10.3. The summed E-state index contributed by atoms with van der Waals surface area (Å²) in [6.07, 6.45) is 0.702. The first-order chi connectivity index (χ1) is 8.08. The van der Waals surface area contributed by atoms with Crippen molar-refractivity contribution in [1.29, 1.82) is 0 Å². The number of ether oxygens (including phenoxy) is 1. The lowest BCUT2D eigenvalue weighted by Crippen LogP contribution is -2.02. The summed E-state index contributed by atoms with van der Waals surface area (Å²) >= 11 is 0. The van der Waals surface area contributed by atoms with Gasteiger partial charge in [-0.15, -0.1) is 0 Å². The van der Waals surface area contributed by atoms with E-state index >= 15 is 0 Å². The van der Waals surface area contributed by atoms with Crippen molar-refractivity contribution in [1.82, 2.24) is 0 Å². The lowest BCUT2D eigenvalue weighted by Gasteiger charge is -2.07. The van der Waals surface area contributed by atoms with Crippen LogP contribution >= 0.6 is 0 Å². The van der Waals surface area contributed by atoms with Crippen LogP contribution < -0.4 is 4.74 Å². The van der Waals surface area contributed by atoms with Gasteiger partial charge in [-0.2, -0.15) is 0 Å². The molecule has 0 saturated carbocycles. The Kier molecular flexibility index (Phi) is 7.85. The van der Waals surface area contributed by atoms with E-state index in [1.807, 2.05) is 39.8 Å². The predicted molar refractivity (Wildman–Crippen MR) is 69.6 cm³/mol. The van der Waals surface area contributed by atoms with E-state index in [-0.39, 0.29) is 6.42 Å². The zero-order valence-corrected chi connectivity index (χ0v) is 11.1. The molecule has 0 amide bonds. The van der Waals surface area contributed by atoms with Crippen LogP contribution in [0.5, 0.6) is 5.75 Å². The maximum Gasteiger partial charge on any atom is 0.303 e. The van der Waals surface area contributed by atoms with E-state index in [4.69, 9.17) is 9.84 Å². The van der Waals surface area contributed by atoms with Crippen LogP contribution in [0.15, 0.2) is 18.2 Å². The SMILES string of the molecule is CC.Cc1cc(C)cc(OCCCC(=O)O)c1. The summed E-state index contributed by atoms with van der Waals surface area (Å²) in [5.41, 5.74) is 2.31. The van der Waals surface area contributed by atoms with Crippen molar-refractivity contribution in [3.05, 3.63) is 29.3 Å². The van der Waals surface area contributed by atoms with E-state index in [0.29, 0.717) is 13.0 Å². The Labute approximate surface area is 103 Å². The molecule has 3 nitrogen and oxygen atoms in total. The molecule has 0 unspecified atom stereocenters. The van der Waals surface area contributed by atoms with Crippen LogP contribution in [0, 0.1) is 13.8 Å². The Bertz CT molecular complexity index is 325. The van der Waals surface area contributed by atoms with Crippen LogP contribution in [-0.4, -0.2) is 17.7 Å². The minimum absolute atomic E-state index is 0.158. The minimum Gasteiger partial charge on any atom is -0.494 e. The van der Waals surface area contributed by atoms with Gasteiger partial charge in [-0.3, -0.25) is 4.79 Å². The smallest absolute Gasteiger partial charge is 0.303 e. The van der Waals surface area contributed by atoms with Crippen LogP contribution in [0.3, 0.4) is 0 Å². The minimum atomic E-state index is -0.779. The molecule has 1 aromatic rings. The van der Waals surface area contributed by atoms with Gasteiger partial charge in [-0.25, -0.2) is 0 Å². The number of carbonyl (C=O) groups is 1. The van der Waals surface area contributed by atoms with Crippen LogP contribution in [0.25, 0.3) is 0 Å². The maximum atomic E-state index is 10.3. The van der Waals surface area contributed by atoms with E-state index in [1.54, 1.807) is 0 Å². The summed E-state index contributed by atoms with van der Waals surface area (Å²) in [5, 5.41) is 8.44. The molecule has 0 aliphatic rings. The molecule has 0 spiro atoms. The molecule has 0 fully saturated rings. The number of aliphatic carboxylic acids is 1. The van der Waals surface area contributed by atoms with E-state index in [9.17, 15) is 4.79 Å². The number of carboxylic acid groups (broad SMARTS) is 1. The highest BCUT2D eigenvalue weighted by Gasteiger charge is 1.99. The number of rotatable bonds is 5. The Hall–Kier alpha value is -1.51. The van der Waals surface area contributed by atoms with Gasteiger partial charge in [0, 0.05) is 6.42 Å². The van der Waals surface area contributed by atoms with Crippen molar-refractivity contribution in [2.24, 2.45) is 0 Å². The van der Waals surface area contributed by atoms with E-state index in [0.717, 1.165) is 16.9 Å². The average Bonchev–Trinajstić information content (AvgIpc) is 2.26. The van der Waals surface area contributed by atoms with Crippen LogP contribution in [0.2, 0.25) is 0 Å².